The third-order valence-corrected chi connectivity index (χ3v) is 6.80. The number of likely N-dealkylation sites (tertiary alicyclic amines) is 1. The second kappa shape index (κ2) is 8.96. The minimum absolute atomic E-state index is 0.00266. The van der Waals surface area contributed by atoms with E-state index in [2.05, 4.69) is 15.5 Å². The minimum atomic E-state index is -0.298. The van der Waals surface area contributed by atoms with Crippen LogP contribution in [0, 0.1) is 11.8 Å². The van der Waals surface area contributed by atoms with E-state index in [4.69, 9.17) is 4.52 Å². The molecule has 172 valence electrons. The van der Waals surface area contributed by atoms with Crippen molar-refractivity contribution in [2.45, 2.75) is 51.5 Å². The Morgan fingerprint density at radius 1 is 1.03 bits per heavy atom. The Balaban J connectivity index is 1.21. The van der Waals surface area contributed by atoms with Crippen molar-refractivity contribution < 1.29 is 14.1 Å². The lowest BCUT2D eigenvalue weighted by Crippen LogP contribution is -2.44. The molecule has 1 saturated carbocycles. The molecule has 2 aromatic carbocycles. The lowest BCUT2D eigenvalue weighted by Gasteiger charge is -2.32. The number of carbonyl (C=O) groups excluding carboxylic acids is 2. The number of rotatable bonds is 6. The van der Waals surface area contributed by atoms with Crippen molar-refractivity contribution in [3.8, 4) is 0 Å². The van der Waals surface area contributed by atoms with Crippen LogP contribution in [-0.4, -0.2) is 39.9 Å². The van der Waals surface area contributed by atoms with Gasteiger partial charge in [-0.25, -0.2) is 0 Å². The van der Waals surface area contributed by atoms with Crippen LogP contribution in [0.2, 0.25) is 0 Å². The standard InChI is InChI=1S/C26H30N4O3/c1-16(2)22(25-28-23(29-33-25)18-10-11-18)27-24(31)19-12-14-30(15-13-19)26(32)21-9-5-7-17-6-3-4-8-20(17)21/h3-9,16,18-19,22H,10-15H2,1-2H3,(H,27,31). The van der Waals surface area contributed by atoms with E-state index < -0.39 is 0 Å². The van der Waals surface area contributed by atoms with Crippen LogP contribution in [0.5, 0.6) is 0 Å². The molecular weight excluding hydrogens is 416 g/mol. The fraction of sp³-hybridized carbons (Fsp3) is 0.462. The van der Waals surface area contributed by atoms with Gasteiger partial charge in [0, 0.05) is 30.5 Å². The van der Waals surface area contributed by atoms with Gasteiger partial charge in [-0.2, -0.15) is 4.98 Å². The number of hydrogen-bond donors (Lipinski definition) is 1. The first-order valence-electron chi connectivity index (χ1n) is 11.9. The molecule has 1 aliphatic heterocycles. The van der Waals surface area contributed by atoms with Gasteiger partial charge in [0.05, 0.1) is 0 Å². The Morgan fingerprint density at radius 2 is 1.76 bits per heavy atom. The monoisotopic (exact) mass is 446 g/mol. The average molecular weight is 447 g/mol. The SMILES string of the molecule is CC(C)C(NC(=O)C1CCN(C(=O)c2cccc3ccccc23)CC1)c1nc(C2CC2)no1. The summed E-state index contributed by atoms with van der Waals surface area (Å²) < 4.78 is 5.48. The van der Waals surface area contributed by atoms with Crippen molar-refractivity contribution in [3.05, 3.63) is 59.7 Å². The van der Waals surface area contributed by atoms with Gasteiger partial charge in [-0.15, -0.1) is 0 Å². The number of nitrogens with zero attached hydrogens (tertiary/aromatic N) is 3. The van der Waals surface area contributed by atoms with Gasteiger partial charge >= 0.3 is 0 Å². The van der Waals surface area contributed by atoms with Crippen molar-refractivity contribution in [2.24, 2.45) is 11.8 Å². The van der Waals surface area contributed by atoms with E-state index in [1.165, 1.54) is 0 Å². The van der Waals surface area contributed by atoms with Crippen molar-refractivity contribution in [2.75, 3.05) is 13.1 Å². The second-order valence-electron chi connectivity index (χ2n) is 9.59. The van der Waals surface area contributed by atoms with E-state index in [0.29, 0.717) is 37.7 Å². The third kappa shape index (κ3) is 4.49. The maximum Gasteiger partial charge on any atom is 0.254 e. The van der Waals surface area contributed by atoms with E-state index in [0.717, 1.165) is 35.0 Å². The van der Waals surface area contributed by atoms with Gasteiger partial charge in [-0.1, -0.05) is 55.4 Å². The van der Waals surface area contributed by atoms with Crippen LogP contribution in [0.15, 0.2) is 47.0 Å². The normalized spacial score (nSPS) is 18.0. The van der Waals surface area contributed by atoms with Gasteiger partial charge in [0.15, 0.2) is 5.82 Å². The van der Waals surface area contributed by atoms with Gasteiger partial charge in [0.2, 0.25) is 11.8 Å². The van der Waals surface area contributed by atoms with Crippen LogP contribution in [0.25, 0.3) is 10.8 Å². The molecule has 5 rings (SSSR count). The zero-order chi connectivity index (χ0) is 22.9. The molecule has 1 unspecified atom stereocenters. The largest absolute Gasteiger partial charge is 0.344 e. The first kappa shape index (κ1) is 21.6. The highest BCUT2D eigenvalue weighted by Gasteiger charge is 2.34. The van der Waals surface area contributed by atoms with Crippen LogP contribution in [0.1, 0.15) is 73.6 Å². The summed E-state index contributed by atoms with van der Waals surface area (Å²) in [6, 6.07) is 13.5. The van der Waals surface area contributed by atoms with Gasteiger partial charge in [0.1, 0.15) is 6.04 Å². The van der Waals surface area contributed by atoms with Gasteiger partial charge < -0.3 is 14.7 Å². The smallest absolute Gasteiger partial charge is 0.254 e. The first-order valence-corrected chi connectivity index (χ1v) is 11.9. The van der Waals surface area contributed by atoms with Crippen molar-refractivity contribution >= 4 is 22.6 Å². The summed E-state index contributed by atoms with van der Waals surface area (Å²) in [6.45, 7) is 5.21. The zero-order valence-electron chi connectivity index (χ0n) is 19.2. The molecule has 2 heterocycles. The molecule has 1 aromatic heterocycles. The van der Waals surface area contributed by atoms with Crippen molar-refractivity contribution in [1.29, 1.82) is 0 Å². The molecule has 2 amide bonds. The summed E-state index contributed by atoms with van der Waals surface area (Å²) in [6.07, 6.45) is 3.50. The maximum atomic E-state index is 13.2. The molecule has 7 nitrogen and oxygen atoms in total. The average Bonchev–Trinajstić information content (AvgIpc) is 3.58. The summed E-state index contributed by atoms with van der Waals surface area (Å²) in [5.74, 6) is 1.69. The van der Waals surface area contributed by atoms with Gasteiger partial charge in [-0.3, -0.25) is 9.59 Å². The first-order chi connectivity index (χ1) is 16.0. The molecule has 1 aliphatic carbocycles. The van der Waals surface area contributed by atoms with Gasteiger partial charge in [0.25, 0.3) is 5.91 Å². The number of hydrogen-bond acceptors (Lipinski definition) is 5. The number of fused-ring (bicyclic) bond motifs is 1. The number of aromatic nitrogens is 2. The van der Waals surface area contributed by atoms with E-state index >= 15 is 0 Å². The number of piperidine rings is 1. The van der Waals surface area contributed by atoms with Crippen molar-refractivity contribution in [3.63, 3.8) is 0 Å². The second-order valence-corrected chi connectivity index (χ2v) is 9.59. The third-order valence-electron chi connectivity index (χ3n) is 6.80. The highest BCUT2D eigenvalue weighted by atomic mass is 16.5. The Hall–Kier alpha value is -3.22. The fourth-order valence-corrected chi connectivity index (χ4v) is 4.59. The molecular formula is C26H30N4O3. The molecule has 0 spiro atoms. The molecule has 0 radical (unpaired) electrons. The van der Waals surface area contributed by atoms with Crippen LogP contribution >= 0.6 is 0 Å². The molecule has 3 aromatic rings. The Kier molecular flexibility index (Phi) is 5.87. The lowest BCUT2D eigenvalue weighted by molar-refractivity contribution is -0.127. The quantitative estimate of drug-likeness (QED) is 0.604. The summed E-state index contributed by atoms with van der Waals surface area (Å²) in [5, 5.41) is 9.26. The highest BCUT2D eigenvalue weighted by Crippen LogP contribution is 2.38. The number of amides is 2. The number of carbonyl (C=O) groups is 2. The van der Waals surface area contributed by atoms with Crippen LogP contribution in [0.4, 0.5) is 0 Å². The fourth-order valence-electron chi connectivity index (χ4n) is 4.59. The van der Waals surface area contributed by atoms with E-state index in [1.54, 1.807) is 0 Å². The van der Waals surface area contributed by atoms with E-state index in [-0.39, 0.29) is 29.7 Å². The zero-order valence-corrected chi connectivity index (χ0v) is 19.2. The number of nitrogens with one attached hydrogen (secondary N) is 1. The Morgan fingerprint density at radius 3 is 2.48 bits per heavy atom. The molecule has 2 aliphatic rings. The molecule has 7 heteroatoms. The van der Waals surface area contributed by atoms with E-state index in [1.807, 2.05) is 61.2 Å². The molecule has 0 bridgehead atoms. The predicted molar refractivity (Wildman–Crippen MR) is 125 cm³/mol. The highest BCUT2D eigenvalue weighted by molar-refractivity contribution is 6.07. The van der Waals surface area contributed by atoms with Crippen LogP contribution < -0.4 is 5.32 Å². The van der Waals surface area contributed by atoms with Gasteiger partial charge in [-0.05, 0) is 48.4 Å². The predicted octanol–water partition coefficient (Wildman–Crippen LogP) is 4.47. The lowest BCUT2D eigenvalue weighted by atomic mass is 9.93. The minimum Gasteiger partial charge on any atom is -0.344 e. The van der Waals surface area contributed by atoms with Crippen LogP contribution in [0.3, 0.4) is 0 Å². The maximum absolute atomic E-state index is 13.2. The van der Waals surface area contributed by atoms with Crippen LogP contribution in [-0.2, 0) is 4.79 Å². The molecule has 1 N–H and O–H groups in total. The summed E-state index contributed by atoms with van der Waals surface area (Å²) in [7, 11) is 0. The molecule has 33 heavy (non-hydrogen) atoms. The molecule has 1 atom stereocenters. The summed E-state index contributed by atoms with van der Waals surface area (Å²) >= 11 is 0. The Bertz CT molecular complexity index is 1150. The topological polar surface area (TPSA) is 88.3 Å². The molecule has 2 fully saturated rings. The molecule has 1 saturated heterocycles. The number of benzene rings is 2. The van der Waals surface area contributed by atoms with Crippen molar-refractivity contribution in [1.82, 2.24) is 20.4 Å². The Labute approximate surface area is 193 Å². The summed E-state index contributed by atoms with van der Waals surface area (Å²) in [4.78, 5) is 32.7. The summed E-state index contributed by atoms with van der Waals surface area (Å²) in [5.41, 5.74) is 0.721. The van der Waals surface area contributed by atoms with E-state index in [9.17, 15) is 9.59 Å².